The molecule has 0 bridgehead atoms. The third kappa shape index (κ3) is 3.95. The fourth-order valence-electron chi connectivity index (χ4n) is 1.10. The van der Waals surface area contributed by atoms with Gasteiger partial charge in [-0.25, -0.2) is 4.79 Å². The number of carbonyl (C=O) groups is 1. The van der Waals surface area contributed by atoms with Crippen LogP contribution in [0.5, 0.6) is 0 Å². The Labute approximate surface area is 112 Å². The number of hydrogen-bond acceptors (Lipinski definition) is 4. The van der Waals surface area contributed by atoms with E-state index >= 15 is 0 Å². The summed E-state index contributed by atoms with van der Waals surface area (Å²) >= 11 is 1.95. The zero-order valence-electron chi connectivity index (χ0n) is 9.47. The predicted octanol–water partition coefficient (Wildman–Crippen LogP) is 3.01. The Morgan fingerprint density at radius 1 is 1.53 bits per heavy atom. The zero-order valence-corrected chi connectivity index (χ0v) is 11.6. The standard InChI is InChI=1S/C11H12INO4/c1-7(2)6-17-11(14)9-5-8(13(15)16)3-4-10(9)12/h3-5,7H,6H2,1-2H3. The van der Waals surface area contributed by atoms with Gasteiger partial charge < -0.3 is 4.74 Å². The Balaban J connectivity index is 2.92. The molecule has 0 aromatic heterocycles. The number of nitrogens with zero attached hydrogens (tertiary/aromatic N) is 1. The first-order valence-corrected chi connectivity index (χ1v) is 6.10. The van der Waals surface area contributed by atoms with Gasteiger partial charge in [-0.1, -0.05) is 13.8 Å². The zero-order chi connectivity index (χ0) is 13.0. The summed E-state index contributed by atoms with van der Waals surface area (Å²) in [6.07, 6.45) is 0. The number of carbonyl (C=O) groups excluding carboxylic acids is 1. The molecule has 1 aromatic carbocycles. The second-order valence-electron chi connectivity index (χ2n) is 3.91. The largest absolute Gasteiger partial charge is 0.462 e. The number of esters is 1. The van der Waals surface area contributed by atoms with Crippen LogP contribution in [0.15, 0.2) is 18.2 Å². The third-order valence-electron chi connectivity index (χ3n) is 1.93. The van der Waals surface area contributed by atoms with Crippen LogP contribution in [0, 0.1) is 19.6 Å². The molecular weight excluding hydrogens is 337 g/mol. The van der Waals surface area contributed by atoms with E-state index in [4.69, 9.17) is 4.74 Å². The van der Waals surface area contributed by atoms with E-state index < -0.39 is 10.9 Å². The fourth-order valence-corrected chi connectivity index (χ4v) is 1.66. The molecule has 0 N–H and O–H groups in total. The Morgan fingerprint density at radius 2 is 2.18 bits per heavy atom. The number of nitro groups is 1. The maximum absolute atomic E-state index is 11.7. The lowest BCUT2D eigenvalue weighted by atomic mass is 10.2. The average molecular weight is 349 g/mol. The topological polar surface area (TPSA) is 69.4 Å². The third-order valence-corrected chi connectivity index (χ3v) is 2.87. The van der Waals surface area contributed by atoms with Crippen molar-refractivity contribution >= 4 is 34.2 Å². The van der Waals surface area contributed by atoms with Gasteiger partial charge in [0, 0.05) is 15.7 Å². The number of benzene rings is 1. The van der Waals surface area contributed by atoms with E-state index in [2.05, 4.69) is 0 Å². The first-order valence-electron chi connectivity index (χ1n) is 5.03. The van der Waals surface area contributed by atoms with Gasteiger partial charge in [0.05, 0.1) is 17.1 Å². The van der Waals surface area contributed by atoms with E-state index in [-0.39, 0.29) is 17.2 Å². The number of hydrogen-bond donors (Lipinski definition) is 0. The second kappa shape index (κ2) is 5.95. The Bertz CT molecular complexity index is 445. The lowest BCUT2D eigenvalue weighted by Crippen LogP contribution is -2.11. The molecule has 17 heavy (non-hydrogen) atoms. The molecule has 92 valence electrons. The second-order valence-corrected chi connectivity index (χ2v) is 5.08. The Morgan fingerprint density at radius 3 is 2.71 bits per heavy atom. The van der Waals surface area contributed by atoms with Gasteiger partial charge in [0.2, 0.25) is 0 Å². The monoisotopic (exact) mass is 349 g/mol. The maximum Gasteiger partial charge on any atom is 0.339 e. The van der Waals surface area contributed by atoms with Crippen molar-refractivity contribution in [3.05, 3.63) is 37.4 Å². The number of halogens is 1. The summed E-state index contributed by atoms with van der Waals surface area (Å²) in [4.78, 5) is 21.8. The van der Waals surface area contributed by atoms with E-state index in [1.165, 1.54) is 18.2 Å². The summed E-state index contributed by atoms with van der Waals surface area (Å²) in [6.45, 7) is 4.15. The minimum atomic E-state index is -0.532. The molecule has 0 spiro atoms. The summed E-state index contributed by atoms with van der Waals surface area (Å²) in [5.41, 5.74) is 0.127. The molecular formula is C11H12INO4. The molecule has 0 atom stereocenters. The fraction of sp³-hybridized carbons (Fsp3) is 0.364. The van der Waals surface area contributed by atoms with Crippen LogP contribution >= 0.6 is 22.6 Å². The number of non-ortho nitro benzene ring substituents is 1. The van der Waals surface area contributed by atoms with Crippen LogP contribution in [0.4, 0.5) is 5.69 Å². The van der Waals surface area contributed by atoms with Crippen LogP contribution in [0.3, 0.4) is 0 Å². The molecule has 0 aliphatic rings. The van der Waals surface area contributed by atoms with Gasteiger partial charge >= 0.3 is 5.97 Å². The molecule has 0 radical (unpaired) electrons. The van der Waals surface area contributed by atoms with Crippen LogP contribution < -0.4 is 0 Å². The summed E-state index contributed by atoms with van der Waals surface area (Å²) in [6, 6.07) is 4.14. The lowest BCUT2D eigenvalue weighted by molar-refractivity contribution is -0.384. The molecule has 0 saturated heterocycles. The van der Waals surface area contributed by atoms with Gasteiger partial charge in [0.25, 0.3) is 5.69 Å². The molecule has 0 aliphatic carbocycles. The van der Waals surface area contributed by atoms with Gasteiger partial charge in [-0.3, -0.25) is 10.1 Å². The van der Waals surface area contributed by atoms with Gasteiger partial charge in [-0.15, -0.1) is 0 Å². The molecule has 0 aliphatic heterocycles. The average Bonchev–Trinajstić information content (AvgIpc) is 2.26. The molecule has 5 nitrogen and oxygen atoms in total. The molecule has 0 unspecified atom stereocenters. The van der Waals surface area contributed by atoms with Crippen LogP contribution in [0.2, 0.25) is 0 Å². The van der Waals surface area contributed by atoms with E-state index in [0.29, 0.717) is 10.2 Å². The SMILES string of the molecule is CC(C)COC(=O)c1cc([N+](=O)[O-])ccc1I. The molecule has 0 amide bonds. The molecule has 6 heteroatoms. The lowest BCUT2D eigenvalue weighted by Gasteiger charge is -2.08. The number of ether oxygens (including phenoxy) is 1. The Kier molecular flexibility index (Phi) is 4.86. The van der Waals surface area contributed by atoms with E-state index in [0.717, 1.165) is 0 Å². The highest BCUT2D eigenvalue weighted by Gasteiger charge is 2.16. The molecule has 0 fully saturated rings. The number of rotatable bonds is 4. The van der Waals surface area contributed by atoms with Gasteiger partial charge in [-0.05, 0) is 34.6 Å². The maximum atomic E-state index is 11.7. The molecule has 0 heterocycles. The summed E-state index contributed by atoms with van der Waals surface area (Å²) in [7, 11) is 0. The van der Waals surface area contributed by atoms with Crippen LogP contribution in [-0.4, -0.2) is 17.5 Å². The first kappa shape index (κ1) is 13.9. The van der Waals surface area contributed by atoms with Gasteiger partial charge in [-0.2, -0.15) is 0 Å². The molecule has 1 rings (SSSR count). The highest BCUT2D eigenvalue weighted by Crippen LogP contribution is 2.20. The van der Waals surface area contributed by atoms with Crippen molar-refractivity contribution in [1.82, 2.24) is 0 Å². The Hall–Kier alpha value is -1.18. The van der Waals surface area contributed by atoms with Crippen LogP contribution in [-0.2, 0) is 4.74 Å². The normalized spacial score (nSPS) is 10.4. The van der Waals surface area contributed by atoms with Crippen molar-refractivity contribution in [3.63, 3.8) is 0 Å². The van der Waals surface area contributed by atoms with Crippen molar-refractivity contribution in [1.29, 1.82) is 0 Å². The quantitative estimate of drug-likeness (QED) is 0.363. The molecule has 0 saturated carbocycles. The van der Waals surface area contributed by atoms with E-state index in [1.807, 2.05) is 36.4 Å². The minimum absolute atomic E-state index is 0.109. The van der Waals surface area contributed by atoms with Crippen molar-refractivity contribution in [3.8, 4) is 0 Å². The van der Waals surface area contributed by atoms with Crippen molar-refractivity contribution in [2.75, 3.05) is 6.61 Å². The smallest absolute Gasteiger partial charge is 0.339 e. The molecule has 1 aromatic rings. The summed E-state index contributed by atoms with van der Waals surface area (Å²) in [5.74, 6) is -0.290. The van der Waals surface area contributed by atoms with Crippen molar-refractivity contribution in [2.45, 2.75) is 13.8 Å². The highest BCUT2D eigenvalue weighted by atomic mass is 127. The first-order chi connectivity index (χ1) is 7.91. The summed E-state index contributed by atoms with van der Waals surface area (Å²) < 4.78 is 5.68. The summed E-state index contributed by atoms with van der Waals surface area (Å²) in [5, 5.41) is 10.6. The minimum Gasteiger partial charge on any atom is -0.462 e. The van der Waals surface area contributed by atoms with E-state index in [9.17, 15) is 14.9 Å². The van der Waals surface area contributed by atoms with Gasteiger partial charge in [0.15, 0.2) is 0 Å². The van der Waals surface area contributed by atoms with Crippen molar-refractivity contribution in [2.24, 2.45) is 5.92 Å². The van der Waals surface area contributed by atoms with Crippen molar-refractivity contribution < 1.29 is 14.5 Å². The predicted molar refractivity (Wildman–Crippen MR) is 70.9 cm³/mol. The van der Waals surface area contributed by atoms with Crippen LogP contribution in [0.25, 0.3) is 0 Å². The number of nitro benzene ring substituents is 1. The van der Waals surface area contributed by atoms with Crippen LogP contribution in [0.1, 0.15) is 24.2 Å². The van der Waals surface area contributed by atoms with Gasteiger partial charge in [0.1, 0.15) is 0 Å². The van der Waals surface area contributed by atoms with E-state index in [1.54, 1.807) is 0 Å². The highest BCUT2D eigenvalue weighted by molar-refractivity contribution is 14.1.